The standard InChI is InChI=1S/C13H14ClN3/c1-2-3-4-10-5-7-11(8-6-10)12-9-15-17-13(14)16-12/h5-9H,2-4H2,1H3. The van der Waals surface area contributed by atoms with Gasteiger partial charge in [-0.15, -0.1) is 5.10 Å². The fourth-order valence-corrected chi connectivity index (χ4v) is 1.78. The zero-order valence-corrected chi connectivity index (χ0v) is 10.5. The van der Waals surface area contributed by atoms with Gasteiger partial charge in [-0.3, -0.25) is 0 Å². The average Bonchev–Trinajstić information content (AvgIpc) is 2.37. The Morgan fingerprint density at radius 3 is 2.59 bits per heavy atom. The molecular formula is C13H14ClN3. The van der Waals surface area contributed by atoms with Crippen LogP contribution in [0.15, 0.2) is 30.5 Å². The highest BCUT2D eigenvalue weighted by Crippen LogP contribution is 2.18. The van der Waals surface area contributed by atoms with E-state index in [1.807, 2.05) is 12.1 Å². The molecule has 0 saturated heterocycles. The van der Waals surface area contributed by atoms with Gasteiger partial charge in [0.1, 0.15) is 0 Å². The third-order valence-corrected chi connectivity index (χ3v) is 2.76. The average molecular weight is 248 g/mol. The fraction of sp³-hybridized carbons (Fsp3) is 0.308. The predicted octanol–water partition coefficient (Wildman–Crippen LogP) is 3.53. The molecule has 0 bridgehead atoms. The number of benzene rings is 1. The van der Waals surface area contributed by atoms with E-state index in [0.29, 0.717) is 0 Å². The molecule has 0 spiro atoms. The van der Waals surface area contributed by atoms with Gasteiger partial charge in [0.25, 0.3) is 0 Å². The topological polar surface area (TPSA) is 38.7 Å². The second kappa shape index (κ2) is 5.73. The highest BCUT2D eigenvalue weighted by Gasteiger charge is 2.01. The summed E-state index contributed by atoms with van der Waals surface area (Å²) in [6.07, 6.45) is 5.18. The van der Waals surface area contributed by atoms with Crippen molar-refractivity contribution < 1.29 is 0 Å². The van der Waals surface area contributed by atoms with E-state index in [4.69, 9.17) is 11.6 Å². The predicted molar refractivity (Wildman–Crippen MR) is 68.9 cm³/mol. The molecule has 2 rings (SSSR count). The first kappa shape index (κ1) is 12.0. The van der Waals surface area contributed by atoms with Crippen molar-refractivity contribution in [2.45, 2.75) is 26.2 Å². The molecule has 0 aliphatic heterocycles. The van der Waals surface area contributed by atoms with E-state index < -0.39 is 0 Å². The maximum Gasteiger partial charge on any atom is 0.243 e. The van der Waals surface area contributed by atoms with Gasteiger partial charge in [0.05, 0.1) is 11.9 Å². The van der Waals surface area contributed by atoms with Gasteiger partial charge in [-0.1, -0.05) is 37.6 Å². The molecule has 17 heavy (non-hydrogen) atoms. The van der Waals surface area contributed by atoms with Gasteiger partial charge in [-0.25, -0.2) is 4.98 Å². The van der Waals surface area contributed by atoms with Gasteiger partial charge in [0.15, 0.2) is 0 Å². The molecular weight excluding hydrogens is 234 g/mol. The van der Waals surface area contributed by atoms with Gasteiger partial charge in [-0.2, -0.15) is 5.10 Å². The molecule has 3 nitrogen and oxygen atoms in total. The van der Waals surface area contributed by atoms with Crippen LogP contribution >= 0.6 is 11.6 Å². The summed E-state index contributed by atoms with van der Waals surface area (Å²) in [5.74, 6) is 0. The van der Waals surface area contributed by atoms with Crippen LogP contribution in [0.3, 0.4) is 0 Å². The first-order valence-electron chi connectivity index (χ1n) is 5.74. The highest BCUT2D eigenvalue weighted by atomic mass is 35.5. The molecule has 0 aliphatic carbocycles. The lowest BCUT2D eigenvalue weighted by molar-refractivity contribution is 0.795. The number of hydrogen-bond acceptors (Lipinski definition) is 3. The van der Waals surface area contributed by atoms with Crippen molar-refractivity contribution in [2.75, 3.05) is 0 Å². The smallest absolute Gasteiger partial charge is 0.215 e. The van der Waals surface area contributed by atoms with Crippen molar-refractivity contribution in [3.63, 3.8) is 0 Å². The molecule has 0 radical (unpaired) electrons. The minimum Gasteiger partial charge on any atom is -0.215 e. The molecule has 1 aromatic carbocycles. The van der Waals surface area contributed by atoms with Gasteiger partial charge < -0.3 is 0 Å². The number of unbranched alkanes of at least 4 members (excludes halogenated alkanes) is 1. The second-order valence-corrected chi connectivity index (χ2v) is 4.25. The van der Waals surface area contributed by atoms with Gasteiger partial charge in [0, 0.05) is 5.56 Å². The van der Waals surface area contributed by atoms with E-state index in [1.54, 1.807) is 6.20 Å². The minimum atomic E-state index is 0.178. The van der Waals surface area contributed by atoms with E-state index >= 15 is 0 Å². The van der Waals surface area contributed by atoms with Crippen LogP contribution in [0, 0.1) is 0 Å². The Morgan fingerprint density at radius 2 is 1.94 bits per heavy atom. The summed E-state index contributed by atoms with van der Waals surface area (Å²) < 4.78 is 0. The molecule has 0 N–H and O–H groups in total. The number of rotatable bonds is 4. The van der Waals surface area contributed by atoms with E-state index in [2.05, 4.69) is 34.2 Å². The molecule has 1 heterocycles. The van der Waals surface area contributed by atoms with Crippen LogP contribution in [-0.4, -0.2) is 15.2 Å². The molecule has 88 valence electrons. The zero-order valence-electron chi connectivity index (χ0n) is 9.73. The number of hydrogen-bond donors (Lipinski definition) is 0. The molecule has 0 atom stereocenters. The van der Waals surface area contributed by atoms with Crippen molar-refractivity contribution in [1.82, 2.24) is 15.2 Å². The lowest BCUT2D eigenvalue weighted by atomic mass is 10.1. The maximum absolute atomic E-state index is 5.71. The number of aromatic nitrogens is 3. The largest absolute Gasteiger partial charge is 0.243 e. The third-order valence-electron chi connectivity index (χ3n) is 2.60. The highest BCUT2D eigenvalue weighted by molar-refractivity contribution is 6.28. The molecule has 0 aliphatic rings. The van der Waals surface area contributed by atoms with Crippen LogP contribution < -0.4 is 0 Å². The minimum absolute atomic E-state index is 0.178. The summed E-state index contributed by atoms with van der Waals surface area (Å²) in [5.41, 5.74) is 3.12. The summed E-state index contributed by atoms with van der Waals surface area (Å²) in [5, 5.41) is 7.59. The Labute approximate surface area is 106 Å². The Morgan fingerprint density at radius 1 is 1.18 bits per heavy atom. The maximum atomic E-state index is 5.71. The van der Waals surface area contributed by atoms with Crippen LogP contribution in [0.4, 0.5) is 0 Å². The SMILES string of the molecule is CCCCc1ccc(-c2cnnc(Cl)n2)cc1. The van der Waals surface area contributed by atoms with Crippen LogP contribution in [0.25, 0.3) is 11.3 Å². The van der Waals surface area contributed by atoms with Crippen molar-refractivity contribution in [3.8, 4) is 11.3 Å². The van der Waals surface area contributed by atoms with Crippen molar-refractivity contribution >= 4 is 11.6 Å². The van der Waals surface area contributed by atoms with Crippen molar-refractivity contribution in [1.29, 1.82) is 0 Å². The van der Waals surface area contributed by atoms with Crippen molar-refractivity contribution in [3.05, 3.63) is 41.3 Å². The summed E-state index contributed by atoms with van der Waals surface area (Å²) in [6, 6.07) is 8.35. The molecule has 2 aromatic rings. The van der Waals surface area contributed by atoms with E-state index in [-0.39, 0.29) is 5.28 Å². The molecule has 0 saturated carbocycles. The van der Waals surface area contributed by atoms with E-state index in [1.165, 1.54) is 18.4 Å². The Kier molecular flexibility index (Phi) is 4.04. The summed E-state index contributed by atoms with van der Waals surface area (Å²) in [7, 11) is 0. The van der Waals surface area contributed by atoms with Crippen LogP contribution in [0.2, 0.25) is 5.28 Å². The van der Waals surface area contributed by atoms with Gasteiger partial charge in [0.2, 0.25) is 5.28 Å². The quantitative estimate of drug-likeness (QED) is 0.830. The Hall–Kier alpha value is -1.48. The summed E-state index contributed by atoms with van der Waals surface area (Å²) in [4.78, 5) is 4.13. The van der Waals surface area contributed by atoms with Crippen LogP contribution in [-0.2, 0) is 6.42 Å². The number of halogens is 1. The molecule has 1 aromatic heterocycles. The van der Waals surface area contributed by atoms with Gasteiger partial charge >= 0.3 is 0 Å². The molecule has 0 fully saturated rings. The lowest BCUT2D eigenvalue weighted by Crippen LogP contribution is -1.91. The van der Waals surface area contributed by atoms with Crippen LogP contribution in [0.5, 0.6) is 0 Å². The van der Waals surface area contributed by atoms with Crippen molar-refractivity contribution in [2.24, 2.45) is 0 Å². The van der Waals surface area contributed by atoms with Gasteiger partial charge in [-0.05, 0) is 30.0 Å². The summed E-state index contributed by atoms with van der Waals surface area (Å²) in [6.45, 7) is 2.20. The normalized spacial score (nSPS) is 10.5. The first-order chi connectivity index (χ1) is 8.29. The lowest BCUT2D eigenvalue weighted by Gasteiger charge is -2.03. The van der Waals surface area contributed by atoms with Crippen LogP contribution in [0.1, 0.15) is 25.3 Å². The molecule has 0 unspecified atom stereocenters. The zero-order chi connectivity index (χ0) is 12.1. The number of aryl methyl sites for hydroxylation is 1. The fourth-order valence-electron chi connectivity index (χ4n) is 1.64. The monoisotopic (exact) mass is 247 g/mol. The summed E-state index contributed by atoms with van der Waals surface area (Å²) >= 11 is 5.71. The molecule has 0 amide bonds. The second-order valence-electron chi connectivity index (χ2n) is 3.91. The first-order valence-corrected chi connectivity index (χ1v) is 6.12. The van der Waals surface area contributed by atoms with E-state index in [9.17, 15) is 0 Å². The third kappa shape index (κ3) is 3.24. The Balaban J connectivity index is 2.17. The molecule has 4 heteroatoms. The Bertz CT molecular complexity index is 482. The number of nitrogens with zero attached hydrogens (tertiary/aromatic N) is 3. The van der Waals surface area contributed by atoms with E-state index in [0.717, 1.165) is 17.7 Å².